The van der Waals surface area contributed by atoms with Crippen molar-refractivity contribution in [2.45, 2.75) is 19.0 Å². The lowest BCUT2D eigenvalue weighted by atomic mass is 10.1. The predicted molar refractivity (Wildman–Crippen MR) is 70.3 cm³/mol. The number of carboxylic acids is 1. The summed E-state index contributed by atoms with van der Waals surface area (Å²) < 4.78 is 2.04. The maximum absolute atomic E-state index is 10.8. The van der Waals surface area contributed by atoms with E-state index in [0.29, 0.717) is 19.5 Å². The molecule has 18 heavy (non-hydrogen) atoms. The van der Waals surface area contributed by atoms with E-state index in [1.807, 2.05) is 35.0 Å². The van der Waals surface area contributed by atoms with E-state index in [0.717, 1.165) is 16.5 Å². The highest BCUT2D eigenvalue weighted by molar-refractivity contribution is 5.85. The molecule has 0 aliphatic carbocycles. The highest BCUT2D eigenvalue weighted by Gasteiger charge is 2.16. The molecular formula is C13H17N3O2. The Kier molecular flexibility index (Phi) is 3.64. The third kappa shape index (κ3) is 2.37. The topological polar surface area (TPSA) is 94.3 Å². The fraction of sp³-hybridized carbons (Fsp3) is 0.308. The van der Waals surface area contributed by atoms with Crippen molar-refractivity contribution in [2.24, 2.45) is 11.5 Å². The summed E-state index contributed by atoms with van der Waals surface area (Å²) in [5, 5.41) is 9.92. The van der Waals surface area contributed by atoms with Crippen molar-refractivity contribution in [2.75, 3.05) is 6.54 Å². The molecule has 5 nitrogen and oxygen atoms in total. The molecule has 96 valence electrons. The third-order valence-electron chi connectivity index (χ3n) is 3.00. The second kappa shape index (κ2) is 5.20. The molecule has 1 unspecified atom stereocenters. The van der Waals surface area contributed by atoms with Crippen molar-refractivity contribution in [3.63, 3.8) is 0 Å². The van der Waals surface area contributed by atoms with Gasteiger partial charge in [-0.25, -0.2) is 0 Å². The van der Waals surface area contributed by atoms with Crippen molar-refractivity contribution in [1.29, 1.82) is 0 Å². The normalized spacial score (nSPS) is 12.8. The zero-order valence-electron chi connectivity index (χ0n) is 10.0. The number of nitrogens with zero attached hydrogens (tertiary/aromatic N) is 1. The van der Waals surface area contributed by atoms with Crippen LogP contribution in [0.15, 0.2) is 30.5 Å². The number of para-hydroxylation sites is 1. The third-order valence-corrected chi connectivity index (χ3v) is 3.00. The van der Waals surface area contributed by atoms with Crippen LogP contribution in [0.2, 0.25) is 0 Å². The zero-order valence-corrected chi connectivity index (χ0v) is 10.0. The lowest BCUT2D eigenvalue weighted by Gasteiger charge is -2.04. The second-order valence-electron chi connectivity index (χ2n) is 4.30. The Bertz CT molecular complexity index is 562. The van der Waals surface area contributed by atoms with Gasteiger partial charge in [0.1, 0.15) is 6.04 Å². The van der Waals surface area contributed by atoms with E-state index < -0.39 is 12.0 Å². The molecule has 0 aliphatic rings. The molecule has 0 saturated heterocycles. The number of carbonyl (C=O) groups is 1. The first-order chi connectivity index (χ1) is 8.63. The smallest absolute Gasteiger partial charge is 0.320 e. The summed E-state index contributed by atoms with van der Waals surface area (Å²) in [5.41, 5.74) is 13.2. The van der Waals surface area contributed by atoms with Crippen LogP contribution in [-0.2, 0) is 17.8 Å². The average molecular weight is 247 g/mol. The number of nitrogens with two attached hydrogens (primary N) is 2. The maximum Gasteiger partial charge on any atom is 0.320 e. The highest BCUT2D eigenvalue weighted by atomic mass is 16.4. The SMILES string of the molecule is NCCn1cc(CC(N)C(=O)O)c2ccccc21. The summed E-state index contributed by atoms with van der Waals surface area (Å²) in [4.78, 5) is 10.8. The molecular weight excluding hydrogens is 230 g/mol. The number of aromatic nitrogens is 1. The van der Waals surface area contributed by atoms with E-state index in [9.17, 15) is 4.79 Å². The number of fused-ring (bicyclic) bond motifs is 1. The van der Waals surface area contributed by atoms with Gasteiger partial charge in [0.15, 0.2) is 0 Å². The molecule has 5 N–H and O–H groups in total. The first-order valence-electron chi connectivity index (χ1n) is 5.88. The molecule has 0 amide bonds. The lowest BCUT2D eigenvalue weighted by molar-refractivity contribution is -0.138. The molecule has 2 rings (SSSR count). The summed E-state index contributed by atoms with van der Waals surface area (Å²) in [7, 11) is 0. The van der Waals surface area contributed by atoms with Crippen LogP contribution >= 0.6 is 0 Å². The Labute approximate surface area is 105 Å². The van der Waals surface area contributed by atoms with E-state index in [1.165, 1.54) is 0 Å². The number of aliphatic carboxylic acids is 1. The van der Waals surface area contributed by atoms with Gasteiger partial charge in [0.2, 0.25) is 0 Å². The van der Waals surface area contributed by atoms with Gasteiger partial charge in [0.25, 0.3) is 0 Å². The Morgan fingerprint density at radius 2 is 2.11 bits per heavy atom. The fourth-order valence-electron chi connectivity index (χ4n) is 2.13. The predicted octanol–water partition coefficient (Wildman–Crippen LogP) is 0.554. The minimum Gasteiger partial charge on any atom is -0.480 e. The van der Waals surface area contributed by atoms with Gasteiger partial charge in [0.05, 0.1) is 0 Å². The minimum absolute atomic E-state index is 0.327. The van der Waals surface area contributed by atoms with Crippen molar-refractivity contribution >= 4 is 16.9 Å². The Balaban J connectivity index is 2.41. The number of rotatable bonds is 5. The number of benzene rings is 1. The van der Waals surface area contributed by atoms with E-state index in [4.69, 9.17) is 16.6 Å². The summed E-state index contributed by atoms with van der Waals surface area (Å²) in [6, 6.07) is 7.00. The second-order valence-corrected chi connectivity index (χ2v) is 4.30. The van der Waals surface area contributed by atoms with Crippen molar-refractivity contribution < 1.29 is 9.90 Å². The van der Waals surface area contributed by atoms with Gasteiger partial charge >= 0.3 is 5.97 Å². The number of hydrogen-bond acceptors (Lipinski definition) is 3. The first-order valence-corrected chi connectivity index (χ1v) is 5.88. The molecule has 0 radical (unpaired) electrons. The summed E-state index contributed by atoms with van der Waals surface area (Å²) in [5.74, 6) is -0.981. The van der Waals surface area contributed by atoms with Gasteiger partial charge in [-0.3, -0.25) is 4.79 Å². The van der Waals surface area contributed by atoms with Crippen LogP contribution in [0.4, 0.5) is 0 Å². The van der Waals surface area contributed by atoms with Gasteiger partial charge in [-0.15, -0.1) is 0 Å². The molecule has 0 saturated carbocycles. The van der Waals surface area contributed by atoms with E-state index >= 15 is 0 Å². The highest BCUT2D eigenvalue weighted by Crippen LogP contribution is 2.22. The van der Waals surface area contributed by atoms with Crippen LogP contribution in [-0.4, -0.2) is 28.2 Å². The Hall–Kier alpha value is -1.85. The molecule has 2 aromatic rings. The lowest BCUT2D eigenvalue weighted by Crippen LogP contribution is -2.32. The van der Waals surface area contributed by atoms with Gasteiger partial charge in [-0.05, 0) is 11.6 Å². The number of carboxylic acid groups (broad SMARTS) is 1. The molecule has 0 aliphatic heterocycles. The molecule has 1 atom stereocenters. The Morgan fingerprint density at radius 1 is 1.39 bits per heavy atom. The van der Waals surface area contributed by atoms with E-state index in [2.05, 4.69) is 0 Å². The largest absolute Gasteiger partial charge is 0.480 e. The molecule has 1 aromatic heterocycles. The maximum atomic E-state index is 10.8. The van der Waals surface area contributed by atoms with Crippen molar-refractivity contribution in [3.05, 3.63) is 36.0 Å². The zero-order chi connectivity index (χ0) is 13.1. The standard InChI is InChI=1S/C13H17N3O2/c14-5-6-16-8-9(7-11(15)13(17)18)10-3-1-2-4-12(10)16/h1-4,8,11H,5-7,14-15H2,(H,17,18). The van der Waals surface area contributed by atoms with Crippen LogP contribution in [0.5, 0.6) is 0 Å². The van der Waals surface area contributed by atoms with Gasteiger partial charge in [-0.2, -0.15) is 0 Å². The van der Waals surface area contributed by atoms with Crippen LogP contribution in [0.3, 0.4) is 0 Å². The van der Waals surface area contributed by atoms with Crippen LogP contribution in [0, 0.1) is 0 Å². The molecule has 0 spiro atoms. The van der Waals surface area contributed by atoms with Crippen LogP contribution in [0.25, 0.3) is 10.9 Å². The van der Waals surface area contributed by atoms with Crippen molar-refractivity contribution in [3.8, 4) is 0 Å². The van der Waals surface area contributed by atoms with Crippen molar-refractivity contribution in [1.82, 2.24) is 4.57 Å². The molecule has 1 aromatic carbocycles. The monoisotopic (exact) mass is 247 g/mol. The van der Waals surface area contributed by atoms with E-state index in [-0.39, 0.29) is 0 Å². The molecule has 1 heterocycles. The summed E-state index contributed by atoms with van der Waals surface area (Å²) in [6.45, 7) is 1.26. The molecule has 0 fully saturated rings. The van der Waals surface area contributed by atoms with E-state index in [1.54, 1.807) is 0 Å². The van der Waals surface area contributed by atoms with Gasteiger partial charge < -0.3 is 21.1 Å². The average Bonchev–Trinajstić information content (AvgIpc) is 2.69. The summed E-state index contributed by atoms with van der Waals surface area (Å²) >= 11 is 0. The Morgan fingerprint density at radius 3 is 2.78 bits per heavy atom. The van der Waals surface area contributed by atoms with Crippen LogP contribution in [0.1, 0.15) is 5.56 Å². The van der Waals surface area contributed by atoms with Crippen LogP contribution < -0.4 is 11.5 Å². The van der Waals surface area contributed by atoms with Gasteiger partial charge in [-0.1, -0.05) is 18.2 Å². The fourth-order valence-corrected chi connectivity index (χ4v) is 2.13. The minimum atomic E-state index is -0.981. The summed E-state index contributed by atoms with van der Waals surface area (Å²) in [6.07, 6.45) is 2.27. The molecule has 5 heteroatoms. The quantitative estimate of drug-likeness (QED) is 0.719. The number of hydrogen-bond donors (Lipinski definition) is 3. The van der Waals surface area contributed by atoms with Gasteiger partial charge in [0, 0.05) is 36.6 Å². The molecule has 0 bridgehead atoms. The first kappa shape index (κ1) is 12.6.